The molecule has 0 aliphatic carbocycles. The molecule has 174 valence electrons. The lowest BCUT2D eigenvalue weighted by molar-refractivity contribution is 0.0525. The fourth-order valence-corrected chi connectivity index (χ4v) is 2.70. The van der Waals surface area contributed by atoms with E-state index in [2.05, 4.69) is 25.9 Å². The van der Waals surface area contributed by atoms with Gasteiger partial charge in [-0.15, -0.1) is 0 Å². The molecule has 10 nitrogen and oxygen atoms in total. The Balaban J connectivity index is 2.13. The van der Waals surface area contributed by atoms with Gasteiger partial charge in [0.15, 0.2) is 5.82 Å². The molecule has 0 saturated heterocycles. The smallest absolute Gasteiger partial charge is 0.407 e. The summed E-state index contributed by atoms with van der Waals surface area (Å²) in [7, 11) is 0. The minimum Gasteiger partial charge on any atom is -0.477 e. The van der Waals surface area contributed by atoms with Crippen molar-refractivity contribution in [2.24, 2.45) is 5.73 Å². The zero-order chi connectivity index (χ0) is 23.7. The van der Waals surface area contributed by atoms with Crippen LogP contribution in [-0.2, 0) is 4.74 Å². The van der Waals surface area contributed by atoms with Crippen molar-refractivity contribution < 1.29 is 19.1 Å². The van der Waals surface area contributed by atoms with Gasteiger partial charge in [-0.25, -0.2) is 4.79 Å². The van der Waals surface area contributed by atoms with E-state index in [1.165, 1.54) is 0 Å². The van der Waals surface area contributed by atoms with Gasteiger partial charge in [0.2, 0.25) is 11.8 Å². The van der Waals surface area contributed by atoms with E-state index in [0.29, 0.717) is 25.5 Å². The molecule has 5 N–H and O–H groups in total. The number of nitrogens with one attached hydrogen (secondary N) is 3. The van der Waals surface area contributed by atoms with E-state index in [9.17, 15) is 9.59 Å². The zero-order valence-electron chi connectivity index (χ0n) is 19.2. The number of rotatable bonds is 10. The highest BCUT2D eigenvalue weighted by molar-refractivity contribution is 6.00. The molecule has 1 heterocycles. The molecule has 0 unspecified atom stereocenters. The van der Waals surface area contributed by atoms with Gasteiger partial charge in [-0.3, -0.25) is 4.79 Å². The molecule has 2 amide bonds. The Morgan fingerprint density at radius 2 is 1.94 bits per heavy atom. The lowest BCUT2D eigenvalue weighted by Crippen LogP contribution is -2.33. The minimum absolute atomic E-state index is 0.0493. The number of nitrogens with two attached hydrogens (primary N) is 1. The van der Waals surface area contributed by atoms with E-state index < -0.39 is 17.6 Å². The lowest BCUT2D eigenvalue weighted by Gasteiger charge is -2.19. The summed E-state index contributed by atoms with van der Waals surface area (Å²) < 4.78 is 10.9. The van der Waals surface area contributed by atoms with Gasteiger partial charge >= 0.3 is 6.09 Å². The van der Waals surface area contributed by atoms with Gasteiger partial charge < -0.3 is 31.2 Å². The summed E-state index contributed by atoms with van der Waals surface area (Å²) in [4.78, 5) is 32.6. The van der Waals surface area contributed by atoms with E-state index in [1.807, 2.05) is 38.1 Å². The molecule has 0 bridgehead atoms. The van der Waals surface area contributed by atoms with E-state index in [-0.39, 0.29) is 23.9 Å². The summed E-state index contributed by atoms with van der Waals surface area (Å²) in [6.07, 6.45) is -0.0324. The SMILES string of the molecule is CCNc1nc(Nc2cccc(C)c2)c(C(N)=O)c(OCCCNC(=O)OC(C)(C)C)n1. The van der Waals surface area contributed by atoms with Gasteiger partial charge in [-0.2, -0.15) is 9.97 Å². The molecule has 0 atom stereocenters. The Morgan fingerprint density at radius 3 is 2.56 bits per heavy atom. The number of ether oxygens (including phenoxy) is 2. The monoisotopic (exact) mass is 444 g/mol. The number of primary amides is 1. The Bertz CT molecular complexity index is 943. The number of benzene rings is 1. The normalized spacial score (nSPS) is 10.9. The first kappa shape index (κ1) is 24.7. The molecule has 0 aliphatic heterocycles. The van der Waals surface area contributed by atoms with Gasteiger partial charge in [-0.1, -0.05) is 12.1 Å². The fraction of sp³-hybridized carbons (Fsp3) is 0.455. The van der Waals surface area contributed by atoms with Gasteiger partial charge in [0.25, 0.3) is 5.91 Å². The Morgan fingerprint density at radius 1 is 1.19 bits per heavy atom. The standard InChI is InChI=1S/C22H32N6O4/c1-6-24-20-27-18(26-15-10-7-9-14(2)13-15)16(17(23)29)19(28-20)31-12-8-11-25-21(30)32-22(3,4)5/h7,9-10,13H,6,8,11-12H2,1-5H3,(H2,23,29)(H,25,30)(H2,24,26,27,28). The first-order chi connectivity index (χ1) is 15.1. The van der Waals surface area contributed by atoms with Crippen LogP contribution in [0.4, 0.5) is 22.2 Å². The number of hydrogen-bond donors (Lipinski definition) is 4. The van der Waals surface area contributed by atoms with Crippen molar-refractivity contribution in [2.45, 2.75) is 46.6 Å². The average Bonchev–Trinajstić information content (AvgIpc) is 2.66. The number of amides is 2. The molecule has 0 spiro atoms. The summed E-state index contributed by atoms with van der Waals surface area (Å²) in [5, 5.41) is 8.80. The predicted octanol–water partition coefficient (Wildman–Crippen LogP) is 3.35. The number of hydrogen-bond acceptors (Lipinski definition) is 8. The van der Waals surface area contributed by atoms with E-state index in [4.69, 9.17) is 15.2 Å². The second-order valence-corrected chi connectivity index (χ2v) is 8.10. The maximum Gasteiger partial charge on any atom is 0.407 e. The number of carbonyl (C=O) groups excluding carboxylic acids is 2. The maximum absolute atomic E-state index is 12.2. The van der Waals surface area contributed by atoms with Crippen LogP contribution in [0.2, 0.25) is 0 Å². The topological polar surface area (TPSA) is 140 Å². The summed E-state index contributed by atoms with van der Waals surface area (Å²) in [6, 6.07) is 7.63. The molecule has 2 aromatic rings. The minimum atomic E-state index is -0.718. The van der Waals surface area contributed by atoms with E-state index in [0.717, 1.165) is 11.3 Å². The largest absolute Gasteiger partial charge is 0.477 e. The highest BCUT2D eigenvalue weighted by atomic mass is 16.6. The van der Waals surface area contributed by atoms with Crippen molar-refractivity contribution >= 4 is 29.5 Å². The number of aryl methyl sites for hydroxylation is 1. The summed E-state index contributed by atoms with van der Waals surface area (Å²) >= 11 is 0. The average molecular weight is 445 g/mol. The summed E-state index contributed by atoms with van der Waals surface area (Å²) in [6.45, 7) is 10.4. The Labute approximate surface area is 188 Å². The third kappa shape index (κ3) is 7.93. The molecule has 0 fully saturated rings. The van der Waals surface area contributed by atoms with Crippen LogP contribution in [0.3, 0.4) is 0 Å². The van der Waals surface area contributed by atoms with Crippen LogP contribution in [-0.4, -0.2) is 47.3 Å². The first-order valence-corrected chi connectivity index (χ1v) is 10.5. The molecule has 10 heteroatoms. The highest BCUT2D eigenvalue weighted by Gasteiger charge is 2.21. The van der Waals surface area contributed by atoms with Crippen LogP contribution in [0.15, 0.2) is 24.3 Å². The third-order valence-corrected chi connectivity index (χ3v) is 3.97. The van der Waals surface area contributed by atoms with Crippen LogP contribution in [0.1, 0.15) is 50.0 Å². The second kappa shape index (κ2) is 11.2. The number of carbonyl (C=O) groups is 2. The van der Waals surface area contributed by atoms with Gasteiger partial charge in [0, 0.05) is 18.8 Å². The van der Waals surface area contributed by atoms with Crippen molar-refractivity contribution in [3.63, 3.8) is 0 Å². The zero-order valence-corrected chi connectivity index (χ0v) is 19.2. The fourth-order valence-electron chi connectivity index (χ4n) is 2.70. The van der Waals surface area contributed by atoms with Gasteiger partial charge in [0.1, 0.15) is 11.2 Å². The van der Waals surface area contributed by atoms with Crippen LogP contribution >= 0.6 is 0 Å². The summed E-state index contributed by atoms with van der Waals surface area (Å²) in [5.41, 5.74) is 6.90. The number of alkyl carbamates (subject to hydrolysis) is 1. The van der Waals surface area contributed by atoms with E-state index in [1.54, 1.807) is 20.8 Å². The molecule has 0 aliphatic rings. The Hall–Kier alpha value is -3.56. The quantitative estimate of drug-likeness (QED) is 0.409. The van der Waals surface area contributed by atoms with Crippen molar-refractivity contribution in [1.29, 1.82) is 0 Å². The molecule has 2 rings (SSSR count). The van der Waals surface area contributed by atoms with E-state index >= 15 is 0 Å². The van der Waals surface area contributed by atoms with Crippen molar-refractivity contribution in [1.82, 2.24) is 15.3 Å². The summed E-state index contributed by atoms with van der Waals surface area (Å²) in [5.74, 6) is -0.105. The number of anilines is 3. The van der Waals surface area contributed by atoms with Gasteiger partial charge in [0.05, 0.1) is 6.61 Å². The van der Waals surface area contributed by atoms with Crippen LogP contribution in [0.25, 0.3) is 0 Å². The maximum atomic E-state index is 12.2. The highest BCUT2D eigenvalue weighted by Crippen LogP contribution is 2.28. The second-order valence-electron chi connectivity index (χ2n) is 8.10. The van der Waals surface area contributed by atoms with Crippen LogP contribution in [0, 0.1) is 6.92 Å². The number of nitrogens with zero attached hydrogens (tertiary/aromatic N) is 2. The van der Waals surface area contributed by atoms with Crippen molar-refractivity contribution in [3.05, 3.63) is 35.4 Å². The molecule has 32 heavy (non-hydrogen) atoms. The van der Waals surface area contributed by atoms with Crippen molar-refractivity contribution in [2.75, 3.05) is 30.3 Å². The molecular formula is C22H32N6O4. The molecule has 1 aromatic carbocycles. The van der Waals surface area contributed by atoms with Crippen molar-refractivity contribution in [3.8, 4) is 5.88 Å². The lowest BCUT2D eigenvalue weighted by atomic mass is 10.2. The molecule has 0 radical (unpaired) electrons. The molecular weight excluding hydrogens is 412 g/mol. The molecule has 1 aromatic heterocycles. The third-order valence-electron chi connectivity index (χ3n) is 3.97. The Kier molecular flexibility index (Phi) is 8.62. The van der Waals surface area contributed by atoms with Gasteiger partial charge in [-0.05, 0) is 58.7 Å². The molecule has 0 saturated carbocycles. The number of aromatic nitrogens is 2. The van der Waals surface area contributed by atoms with Crippen LogP contribution < -0.4 is 26.4 Å². The predicted molar refractivity (Wildman–Crippen MR) is 124 cm³/mol. The van der Waals surface area contributed by atoms with Crippen LogP contribution in [0.5, 0.6) is 5.88 Å². The first-order valence-electron chi connectivity index (χ1n) is 10.5.